The van der Waals surface area contributed by atoms with E-state index < -0.39 is 0 Å². The standard InChI is InChI=1S/C13H13ClN2O2S/c1-18-13(17)8-4-5-9-11(14)15-12(16(9)7-8)10-3-2-6-19-10/h2-3,6,8H,4-5,7H2,1H3. The number of imidazole rings is 1. The molecular formula is C13H13ClN2O2S. The van der Waals surface area contributed by atoms with Gasteiger partial charge in [-0.25, -0.2) is 4.98 Å². The number of fused-ring (bicyclic) bond motifs is 1. The summed E-state index contributed by atoms with van der Waals surface area (Å²) in [6.07, 6.45) is 1.53. The van der Waals surface area contributed by atoms with E-state index in [2.05, 4.69) is 9.55 Å². The molecule has 3 heterocycles. The largest absolute Gasteiger partial charge is 0.469 e. The van der Waals surface area contributed by atoms with Gasteiger partial charge in [0, 0.05) is 6.54 Å². The summed E-state index contributed by atoms with van der Waals surface area (Å²) >= 11 is 7.82. The van der Waals surface area contributed by atoms with Crippen LogP contribution in [0.25, 0.3) is 10.7 Å². The van der Waals surface area contributed by atoms with Gasteiger partial charge in [0.15, 0.2) is 11.0 Å². The summed E-state index contributed by atoms with van der Waals surface area (Å²) in [4.78, 5) is 17.2. The van der Waals surface area contributed by atoms with Crippen LogP contribution >= 0.6 is 22.9 Å². The minimum absolute atomic E-state index is 0.110. The van der Waals surface area contributed by atoms with E-state index >= 15 is 0 Å². The summed E-state index contributed by atoms with van der Waals surface area (Å²) in [5.74, 6) is 0.581. The van der Waals surface area contributed by atoms with Crippen LogP contribution < -0.4 is 0 Å². The van der Waals surface area contributed by atoms with Crippen LogP contribution in [0.2, 0.25) is 5.15 Å². The maximum atomic E-state index is 11.7. The SMILES string of the molecule is COC(=O)C1CCc2c(Cl)nc(-c3cccs3)n2C1. The first-order chi connectivity index (χ1) is 9.20. The fourth-order valence-electron chi connectivity index (χ4n) is 2.47. The summed E-state index contributed by atoms with van der Waals surface area (Å²) in [5.41, 5.74) is 1.02. The van der Waals surface area contributed by atoms with Crippen LogP contribution in [-0.4, -0.2) is 22.6 Å². The molecule has 0 amide bonds. The van der Waals surface area contributed by atoms with Crippen molar-refractivity contribution in [2.24, 2.45) is 5.92 Å². The van der Waals surface area contributed by atoms with Crippen molar-refractivity contribution >= 4 is 28.9 Å². The van der Waals surface area contributed by atoms with Crippen molar-refractivity contribution in [2.45, 2.75) is 19.4 Å². The topological polar surface area (TPSA) is 44.1 Å². The molecule has 0 radical (unpaired) electrons. The molecule has 0 N–H and O–H groups in total. The summed E-state index contributed by atoms with van der Waals surface area (Å²) in [7, 11) is 1.43. The monoisotopic (exact) mass is 296 g/mol. The van der Waals surface area contributed by atoms with Crippen LogP contribution in [-0.2, 0) is 22.5 Å². The first kappa shape index (κ1) is 12.7. The van der Waals surface area contributed by atoms with E-state index in [4.69, 9.17) is 16.3 Å². The van der Waals surface area contributed by atoms with Gasteiger partial charge in [-0.05, 0) is 24.3 Å². The highest BCUT2D eigenvalue weighted by Gasteiger charge is 2.29. The predicted octanol–water partition coefficient (Wildman–Crippen LogP) is 3.00. The Labute approximate surface area is 120 Å². The zero-order chi connectivity index (χ0) is 13.4. The third kappa shape index (κ3) is 2.17. The molecule has 0 fully saturated rings. The highest BCUT2D eigenvalue weighted by molar-refractivity contribution is 7.13. The Balaban J connectivity index is 2.00. The van der Waals surface area contributed by atoms with Crippen LogP contribution in [0.1, 0.15) is 12.1 Å². The lowest BCUT2D eigenvalue weighted by Crippen LogP contribution is -2.27. The Morgan fingerprint density at radius 2 is 2.47 bits per heavy atom. The molecule has 19 heavy (non-hydrogen) atoms. The number of rotatable bonds is 2. The number of esters is 1. The highest BCUT2D eigenvalue weighted by atomic mass is 35.5. The fourth-order valence-corrected chi connectivity index (χ4v) is 3.47. The molecule has 1 aliphatic rings. The van der Waals surface area contributed by atoms with Gasteiger partial charge >= 0.3 is 5.97 Å². The summed E-state index contributed by atoms with van der Waals surface area (Å²) < 4.78 is 6.89. The van der Waals surface area contributed by atoms with Gasteiger partial charge in [-0.1, -0.05) is 17.7 Å². The number of hydrogen-bond acceptors (Lipinski definition) is 4. The number of methoxy groups -OCH3 is 1. The molecule has 0 spiro atoms. The third-order valence-corrected chi connectivity index (χ3v) is 4.60. The Morgan fingerprint density at radius 1 is 1.63 bits per heavy atom. The second kappa shape index (κ2) is 4.98. The molecule has 1 unspecified atom stereocenters. The summed E-state index contributed by atoms with van der Waals surface area (Å²) in [6.45, 7) is 0.592. The molecule has 2 aromatic heterocycles. The lowest BCUT2D eigenvalue weighted by Gasteiger charge is -2.23. The van der Waals surface area contributed by atoms with Crippen LogP contribution in [0, 0.1) is 5.92 Å². The Morgan fingerprint density at radius 3 is 3.16 bits per heavy atom. The van der Waals surface area contributed by atoms with Crippen LogP contribution in [0.3, 0.4) is 0 Å². The Bertz CT molecular complexity index is 606. The van der Waals surface area contributed by atoms with E-state index in [9.17, 15) is 4.79 Å². The molecule has 0 saturated carbocycles. The van der Waals surface area contributed by atoms with Gasteiger partial charge in [-0.15, -0.1) is 11.3 Å². The number of hydrogen-bond donors (Lipinski definition) is 0. The Kier molecular flexibility index (Phi) is 3.33. The van der Waals surface area contributed by atoms with Crippen molar-refractivity contribution in [1.29, 1.82) is 0 Å². The number of nitrogens with zero attached hydrogens (tertiary/aromatic N) is 2. The maximum Gasteiger partial charge on any atom is 0.310 e. The van der Waals surface area contributed by atoms with E-state index in [1.807, 2.05) is 17.5 Å². The molecule has 0 saturated heterocycles. The number of carbonyl (C=O) groups excluding carboxylic acids is 1. The minimum Gasteiger partial charge on any atom is -0.469 e. The first-order valence-electron chi connectivity index (χ1n) is 6.07. The Hall–Kier alpha value is -1.33. The second-order valence-corrected chi connectivity index (χ2v) is 5.83. The van der Waals surface area contributed by atoms with E-state index in [1.54, 1.807) is 11.3 Å². The fraction of sp³-hybridized carbons (Fsp3) is 0.385. The summed E-state index contributed by atoms with van der Waals surface area (Å²) in [5, 5.41) is 2.55. The molecule has 4 nitrogen and oxygen atoms in total. The number of carbonyl (C=O) groups is 1. The molecule has 100 valence electrons. The smallest absolute Gasteiger partial charge is 0.310 e. The predicted molar refractivity (Wildman–Crippen MR) is 74.4 cm³/mol. The zero-order valence-corrected chi connectivity index (χ0v) is 12.0. The maximum absolute atomic E-state index is 11.7. The van der Waals surface area contributed by atoms with Crippen molar-refractivity contribution in [2.75, 3.05) is 7.11 Å². The molecule has 6 heteroatoms. The van der Waals surface area contributed by atoms with E-state index in [0.717, 1.165) is 29.2 Å². The van der Waals surface area contributed by atoms with Gasteiger partial charge in [0.25, 0.3) is 0 Å². The lowest BCUT2D eigenvalue weighted by atomic mass is 9.98. The molecule has 0 aliphatic carbocycles. The van der Waals surface area contributed by atoms with Crippen molar-refractivity contribution in [1.82, 2.24) is 9.55 Å². The first-order valence-corrected chi connectivity index (χ1v) is 7.33. The second-order valence-electron chi connectivity index (χ2n) is 4.52. The zero-order valence-electron chi connectivity index (χ0n) is 10.4. The van der Waals surface area contributed by atoms with E-state index in [0.29, 0.717) is 11.7 Å². The highest BCUT2D eigenvalue weighted by Crippen LogP contribution is 2.33. The average molecular weight is 297 g/mol. The van der Waals surface area contributed by atoms with Crippen molar-refractivity contribution < 1.29 is 9.53 Å². The van der Waals surface area contributed by atoms with Gasteiger partial charge in [0.2, 0.25) is 0 Å². The van der Waals surface area contributed by atoms with Crippen molar-refractivity contribution in [3.8, 4) is 10.7 Å². The molecule has 0 bridgehead atoms. The quantitative estimate of drug-likeness (QED) is 0.800. The average Bonchev–Trinajstić information content (AvgIpc) is 3.06. The van der Waals surface area contributed by atoms with Gasteiger partial charge in [0.1, 0.15) is 0 Å². The molecule has 0 aromatic carbocycles. The number of ether oxygens (including phenoxy) is 1. The van der Waals surface area contributed by atoms with Crippen LogP contribution in [0.5, 0.6) is 0 Å². The third-order valence-electron chi connectivity index (χ3n) is 3.43. The van der Waals surface area contributed by atoms with Gasteiger partial charge in [-0.2, -0.15) is 0 Å². The minimum atomic E-state index is -0.160. The molecule has 3 rings (SSSR count). The van der Waals surface area contributed by atoms with Crippen LogP contribution in [0.4, 0.5) is 0 Å². The molecule has 2 aromatic rings. The molecular weight excluding hydrogens is 284 g/mol. The van der Waals surface area contributed by atoms with E-state index in [1.165, 1.54) is 7.11 Å². The normalized spacial score (nSPS) is 18.1. The van der Waals surface area contributed by atoms with E-state index in [-0.39, 0.29) is 11.9 Å². The number of aromatic nitrogens is 2. The summed E-state index contributed by atoms with van der Waals surface area (Å²) in [6, 6.07) is 3.99. The van der Waals surface area contributed by atoms with Gasteiger partial charge in [-0.3, -0.25) is 4.79 Å². The van der Waals surface area contributed by atoms with Crippen molar-refractivity contribution in [3.63, 3.8) is 0 Å². The number of thiophene rings is 1. The lowest BCUT2D eigenvalue weighted by molar-refractivity contribution is -0.146. The molecule has 1 atom stereocenters. The molecule has 1 aliphatic heterocycles. The van der Waals surface area contributed by atoms with Gasteiger partial charge < -0.3 is 9.30 Å². The van der Waals surface area contributed by atoms with Gasteiger partial charge in [0.05, 0.1) is 23.6 Å². The number of halogens is 1. The van der Waals surface area contributed by atoms with Crippen LogP contribution in [0.15, 0.2) is 17.5 Å². The van der Waals surface area contributed by atoms with Crippen molar-refractivity contribution in [3.05, 3.63) is 28.4 Å².